The van der Waals surface area contributed by atoms with E-state index in [0.29, 0.717) is 13.0 Å². The number of nitriles is 1. The zero-order valence-corrected chi connectivity index (χ0v) is 9.78. The van der Waals surface area contributed by atoms with Gasteiger partial charge in [0.05, 0.1) is 25.2 Å². The highest BCUT2D eigenvalue weighted by Gasteiger charge is 2.26. The summed E-state index contributed by atoms with van der Waals surface area (Å²) in [6.45, 7) is 0.654. The first-order valence-electron chi connectivity index (χ1n) is 5.84. The number of nitrogens with zero attached hydrogens (tertiary/aromatic N) is 1. The quantitative estimate of drug-likeness (QED) is 0.530. The van der Waals surface area contributed by atoms with Crippen LogP contribution < -0.4 is 0 Å². The van der Waals surface area contributed by atoms with Crippen molar-refractivity contribution in [2.45, 2.75) is 44.6 Å². The van der Waals surface area contributed by atoms with Crippen LogP contribution in [0.2, 0.25) is 0 Å². The highest BCUT2D eigenvalue weighted by atomic mass is 16.5. The van der Waals surface area contributed by atoms with E-state index in [1.54, 1.807) is 0 Å². The summed E-state index contributed by atoms with van der Waals surface area (Å²) < 4.78 is 10.4. The fraction of sp³-hybridized carbons (Fsp3) is 0.833. The Morgan fingerprint density at radius 1 is 1.38 bits per heavy atom. The molecule has 0 amide bonds. The maximum Gasteiger partial charge on any atom is 0.308 e. The number of hydrogen-bond donors (Lipinski definition) is 0. The van der Waals surface area contributed by atoms with Gasteiger partial charge in [0.25, 0.3) is 0 Å². The van der Waals surface area contributed by atoms with E-state index in [1.807, 2.05) is 0 Å². The van der Waals surface area contributed by atoms with E-state index < -0.39 is 0 Å². The van der Waals surface area contributed by atoms with Gasteiger partial charge < -0.3 is 9.47 Å². The van der Waals surface area contributed by atoms with Crippen molar-refractivity contribution < 1.29 is 14.3 Å². The van der Waals surface area contributed by atoms with Crippen molar-refractivity contribution in [2.75, 3.05) is 13.7 Å². The first-order chi connectivity index (χ1) is 7.77. The van der Waals surface area contributed by atoms with Crippen LogP contribution in [0.3, 0.4) is 0 Å². The molecule has 0 radical (unpaired) electrons. The molecule has 0 aromatic rings. The minimum Gasteiger partial charge on any atom is -0.469 e. The number of carbonyl (C=O) groups is 1. The Balaban J connectivity index is 2.12. The monoisotopic (exact) mass is 225 g/mol. The molecule has 16 heavy (non-hydrogen) atoms. The maximum absolute atomic E-state index is 11.3. The number of hydrogen-bond acceptors (Lipinski definition) is 4. The average molecular weight is 225 g/mol. The lowest BCUT2D eigenvalue weighted by molar-refractivity contribution is -0.147. The minimum absolute atomic E-state index is 0.0592. The molecule has 0 spiro atoms. The van der Waals surface area contributed by atoms with Gasteiger partial charge in [-0.15, -0.1) is 0 Å². The van der Waals surface area contributed by atoms with E-state index >= 15 is 0 Å². The van der Waals surface area contributed by atoms with Gasteiger partial charge >= 0.3 is 5.97 Å². The Morgan fingerprint density at radius 3 is 2.62 bits per heavy atom. The number of esters is 1. The smallest absolute Gasteiger partial charge is 0.308 e. The molecule has 4 nitrogen and oxygen atoms in total. The first-order valence-corrected chi connectivity index (χ1v) is 5.84. The Kier molecular flexibility index (Phi) is 5.87. The van der Waals surface area contributed by atoms with Gasteiger partial charge in [-0.25, -0.2) is 0 Å². The van der Waals surface area contributed by atoms with Gasteiger partial charge in [-0.1, -0.05) is 0 Å². The van der Waals surface area contributed by atoms with Crippen LogP contribution in [0.5, 0.6) is 0 Å². The van der Waals surface area contributed by atoms with Crippen molar-refractivity contribution >= 4 is 5.97 Å². The van der Waals surface area contributed by atoms with Crippen molar-refractivity contribution in [3.8, 4) is 6.07 Å². The Morgan fingerprint density at radius 2 is 2.06 bits per heavy atom. The van der Waals surface area contributed by atoms with E-state index in [1.165, 1.54) is 7.11 Å². The zero-order chi connectivity index (χ0) is 11.8. The second-order valence-electron chi connectivity index (χ2n) is 4.13. The van der Waals surface area contributed by atoms with Crippen LogP contribution in [-0.2, 0) is 14.3 Å². The highest BCUT2D eigenvalue weighted by molar-refractivity contribution is 5.72. The molecule has 0 saturated heterocycles. The molecular weight excluding hydrogens is 206 g/mol. The van der Waals surface area contributed by atoms with Crippen LogP contribution in [0, 0.1) is 17.2 Å². The molecule has 90 valence electrons. The highest BCUT2D eigenvalue weighted by Crippen LogP contribution is 2.27. The summed E-state index contributed by atoms with van der Waals surface area (Å²) in [7, 11) is 1.44. The fourth-order valence-corrected chi connectivity index (χ4v) is 2.03. The number of ether oxygens (including phenoxy) is 2. The first kappa shape index (κ1) is 13.0. The van der Waals surface area contributed by atoms with Crippen LogP contribution in [0.15, 0.2) is 0 Å². The van der Waals surface area contributed by atoms with Crippen LogP contribution >= 0.6 is 0 Å². The molecule has 0 heterocycles. The van der Waals surface area contributed by atoms with Gasteiger partial charge in [0.2, 0.25) is 0 Å². The van der Waals surface area contributed by atoms with E-state index in [9.17, 15) is 4.79 Å². The lowest BCUT2D eigenvalue weighted by Gasteiger charge is -2.26. The standard InChI is InChI=1S/C12H19NO3/c1-15-12(14)10-4-6-11(7-5-10)16-9-3-2-8-13/h10-11H,2-7,9H2,1H3. The Hall–Kier alpha value is -1.08. The Bertz CT molecular complexity index is 251. The van der Waals surface area contributed by atoms with E-state index in [2.05, 4.69) is 6.07 Å². The maximum atomic E-state index is 11.3. The molecule has 1 rings (SSSR count). The molecule has 1 aliphatic carbocycles. The summed E-state index contributed by atoms with van der Waals surface area (Å²) in [4.78, 5) is 11.3. The number of unbranched alkanes of at least 4 members (excludes halogenated alkanes) is 1. The summed E-state index contributed by atoms with van der Waals surface area (Å²) in [5.41, 5.74) is 0. The summed E-state index contributed by atoms with van der Waals surface area (Å²) in [6, 6.07) is 2.09. The van der Waals surface area contributed by atoms with E-state index in [-0.39, 0.29) is 18.0 Å². The van der Waals surface area contributed by atoms with Crippen LogP contribution in [-0.4, -0.2) is 25.8 Å². The summed E-state index contributed by atoms with van der Waals surface area (Å²) in [6.07, 6.45) is 5.17. The van der Waals surface area contributed by atoms with Crippen molar-refractivity contribution in [1.29, 1.82) is 5.26 Å². The van der Waals surface area contributed by atoms with Gasteiger partial charge in [-0.2, -0.15) is 5.26 Å². The van der Waals surface area contributed by atoms with Crippen molar-refractivity contribution in [3.63, 3.8) is 0 Å². The Labute approximate surface area is 96.5 Å². The van der Waals surface area contributed by atoms with Crippen molar-refractivity contribution in [1.82, 2.24) is 0 Å². The third kappa shape index (κ3) is 4.19. The average Bonchev–Trinajstić information content (AvgIpc) is 2.34. The normalized spacial score (nSPS) is 24.8. The second kappa shape index (κ2) is 7.24. The molecule has 1 saturated carbocycles. The molecule has 0 unspecified atom stereocenters. The lowest BCUT2D eigenvalue weighted by Crippen LogP contribution is -2.27. The summed E-state index contributed by atoms with van der Waals surface area (Å²) in [5, 5.41) is 8.37. The van der Waals surface area contributed by atoms with Crippen LogP contribution in [0.1, 0.15) is 38.5 Å². The van der Waals surface area contributed by atoms with Crippen molar-refractivity contribution in [3.05, 3.63) is 0 Å². The van der Waals surface area contributed by atoms with Crippen LogP contribution in [0.25, 0.3) is 0 Å². The minimum atomic E-state index is -0.0945. The predicted molar refractivity (Wildman–Crippen MR) is 58.6 cm³/mol. The van der Waals surface area contributed by atoms with Crippen LogP contribution in [0.4, 0.5) is 0 Å². The van der Waals surface area contributed by atoms with Gasteiger partial charge in [0.15, 0.2) is 0 Å². The third-order valence-electron chi connectivity index (χ3n) is 3.00. The SMILES string of the molecule is COC(=O)C1CCC(OCCCC#N)CC1. The second-order valence-corrected chi connectivity index (χ2v) is 4.13. The molecule has 0 N–H and O–H groups in total. The summed E-state index contributed by atoms with van der Waals surface area (Å²) >= 11 is 0. The molecule has 0 bridgehead atoms. The molecule has 0 aromatic carbocycles. The topological polar surface area (TPSA) is 59.3 Å². The molecule has 0 atom stereocenters. The van der Waals surface area contributed by atoms with Gasteiger partial charge in [0.1, 0.15) is 0 Å². The molecule has 1 aliphatic rings. The largest absolute Gasteiger partial charge is 0.469 e. The molecule has 1 fully saturated rings. The summed E-state index contributed by atoms with van der Waals surface area (Å²) in [5.74, 6) is -0.0353. The molecule has 4 heteroatoms. The zero-order valence-electron chi connectivity index (χ0n) is 9.78. The lowest BCUT2D eigenvalue weighted by atomic mass is 9.87. The predicted octanol–water partition coefficient (Wildman–Crippen LogP) is 2.04. The van der Waals surface area contributed by atoms with Crippen molar-refractivity contribution in [2.24, 2.45) is 5.92 Å². The van der Waals surface area contributed by atoms with E-state index in [4.69, 9.17) is 14.7 Å². The number of methoxy groups -OCH3 is 1. The molecule has 0 aliphatic heterocycles. The fourth-order valence-electron chi connectivity index (χ4n) is 2.03. The number of rotatable bonds is 5. The van der Waals surface area contributed by atoms with Gasteiger partial charge in [-0.05, 0) is 32.1 Å². The van der Waals surface area contributed by atoms with Gasteiger partial charge in [0, 0.05) is 13.0 Å². The van der Waals surface area contributed by atoms with Gasteiger partial charge in [-0.3, -0.25) is 4.79 Å². The molecular formula is C12H19NO3. The molecule has 0 aromatic heterocycles. The number of carbonyl (C=O) groups excluding carboxylic acids is 1. The third-order valence-corrected chi connectivity index (χ3v) is 3.00. The van der Waals surface area contributed by atoms with E-state index in [0.717, 1.165) is 32.1 Å².